The summed E-state index contributed by atoms with van der Waals surface area (Å²) in [6.45, 7) is 2.83. The Kier molecular flexibility index (Phi) is 4.81. The van der Waals surface area contributed by atoms with E-state index in [1.54, 1.807) is 0 Å². The first-order valence-electron chi connectivity index (χ1n) is 8.31. The van der Waals surface area contributed by atoms with Crippen molar-refractivity contribution in [2.45, 2.75) is 31.8 Å². The number of nitrogens with zero attached hydrogens (tertiary/aromatic N) is 2. The summed E-state index contributed by atoms with van der Waals surface area (Å²) in [4.78, 5) is 25.6. The second-order valence-electron chi connectivity index (χ2n) is 6.25. The molecular formula is C16H22N4O4S. The van der Waals surface area contributed by atoms with Crippen molar-refractivity contribution in [1.29, 1.82) is 0 Å². The Hall–Kier alpha value is -1.97. The molecule has 8 nitrogen and oxygen atoms in total. The van der Waals surface area contributed by atoms with Crippen LogP contribution in [0.4, 0.5) is 4.79 Å². The van der Waals surface area contributed by atoms with Gasteiger partial charge in [-0.3, -0.25) is 10.1 Å². The van der Waals surface area contributed by atoms with Gasteiger partial charge in [0.2, 0.25) is 0 Å². The predicted octanol–water partition coefficient (Wildman–Crippen LogP) is 0.427. The molecule has 0 unspecified atom stereocenters. The molecule has 3 rings (SSSR count). The van der Waals surface area contributed by atoms with Crippen LogP contribution in [0, 0.1) is 0 Å². The van der Waals surface area contributed by atoms with Crippen molar-refractivity contribution in [3.05, 3.63) is 35.9 Å². The van der Waals surface area contributed by atoms with Crippen LogP contribution in [0.25, 0.3) is 0 Å². The van der Waals surface area contributed by atoms with E-state index in [0.29, 0.717) is 19.4 Å². The van der Waals surface area contributed by atoms with Crippen molar-refractivity contribution in [2.24, 2.45) is 0 Å². The maximum absolute atomic E-state index is 12.5. The van der Waals surface area contributed by atoms with Crippen LogP contribution in [-0.2, 0) is 21.5 Å². The van der Waals surface area contributed by atoms with E-state index in [0.717, 1.165) is 5.56 Å². The minimum atomic E-state index is -3.63. The molecule has 0 saturated carbocycles. The Labute approximate surface area is 147 Å². The van der Waals surface area contributed by atoms with Crippen molar-refractivity contribution in [3.8, 4) is 0 Å². The summed E-state index contributed by atoms with van der Waals surface area (Å²) in [5, 5.41) is 2.34. The van der Waals surface area contributed by atoms with Crippen LogP contribution < -0.4 is 10.0 Å². The molecule has 2 saturated heterocycles. The summed E-state index contributed by atoms with van der Waals surface area (Å²) in [6, 6.07) is 8.87. The van der Waals surface area contributed by atoms with Gasteiger partial charge in [-0.2, -0.15) is 17.4 Å². The molecule has 2 heterocycles. The minimum Gasteiger partial charge on any atom is -0.310 e. The number of hydrogen-bond donors (Lipinski definition) is 2. The van der Waals surface area contributed by atoms with Gasteiger partial charge < -0.3 is 4.90 Å². The van der Waals surface area contributed by atoms with Crippen LogP contribution in [0.3, 0.4) is 0 Å². The van der Waals surface area contributed by atoms with E-state index in [9.17, 15) is 18.0 Å². The molecule has 3 amide bonds. The number of piperidine rings is 1. The van der Waals surface area contributed by atoms with Gasteiger partial charge in [0.15, 0.2) is 0 Å². The maximum Gasteiger partial charge on any atom is 0.325 e. The molecule has 1 spiro atoms. The molecular weight excluding hydrogens is 344 g/mol. The van der Waals surface area contributed by atoms with Crippen LogP contribution >= 0.6 is 0 Å². The number of imide groups is 1. The highest BCUT2D eigenvalue weighted by Gasteiger charge is 2.54. The second-order valence-corrected chi connectivity index (χ2v) is 8.00. The van der Waals surface area contributed by atoms with E-state index >= 15 is 0 Å². The number of nitrogens with one attached hydrogen (secondary N) is 2. The van der Waals surface area contributed by atoms with E-state index in [1.807, 2.05) is 37.3 Å². The lowest BCUT2D eigenvalue weighted by Crippen LogP contribution is -2.58. The fraction of sp³-hybridized carbons (Fsp3) is 0.500. The summed E-state index contributed by atoms with van der Waals surface area (Å²) >= 11 is 0. The number of rotatable bonds is 5. The van der Waals surface area contributed by atoms with Crippen molar-refractivity contribution in [1.82, 2.24) is 19.2 Å². The molecule has 2 aliphatic rings. The number of hydrogen-bond acceptors (Lipinski definition) is 4. The highest BCUT2D eigenvalue weighted by atomic mass is 32.2. The Morgan fingerprint density at radius 2 is 1.80 bits per heavy atom. The lowest BCUT2D eigenvalue weighted by Gasteiger charge is -2.41. The highest BCUT2D eigenvalue weighted by molar-refractivity contribution is 7.87. The van der Waals surface area contributed by atoms with Crippen molar-refractivity contribution in [3.63, 3.8) is 0 Å². The standard InChI is InChI=1S/C16H22N4O4S/c1-2-20-15(22)18-14(21)16(20)8-10-19(11-9-16)25(23,24)17-12-13-6-4-3-5-7-13/h3-7,17H,2,8-12H2,1H3,(H,18,21,22). The van der Waals surface area contributed by atoms with Gasteiger partial charge in [0, 0.05) is 26.2 Å². The number of carbonyl (C=O) groups excluding carboxylic acids is 2. The number of urea groups is 1. The van der Waals surface area contributed by atoms with Gasteiger partial charge in [0.05, 0.1) is 0 Å². The Morgan fingerprint density at radius 1 is 1.16 bits per heavy atom. The predicted molar refractivity (Wildman–Crippen MR) is 91.7 cm³/mol. The average Bonchev–Trinajstić information content (AvgIpc) is 2.84. The van der Waals surface area contributed by atoms with E-state index in [1.165, 1.54) is 9.21 Å². The Balaban J connectivity index is 1.65. The SMILES string of the molecule is CCN1C(=O)NC(=O)C12CCN(S(=O)(=O)NCc1ccccc1)CC2. The minimum absolute atomic E-state index is 0.196. The van der Waals surface area contributed by atoms with Gasteiger partial charge in [-0.1, -0.05) is 30.3 Å². The van der Waals surface area contributed by atoms with Gasteiger partial charge in [0.1, 0.15) is 5.54 Å². The smallest absolute Gasteiger partial charge is 0.310 e. The topological polar surface area (TPSA) is 98.8 Å². The van der Waals surface area contributed by atoms with E-state index in [2.05, 4.69) is 10.0 Å². The first-order valence-corrected chi connectivity index (χ1v) is 9.75. The zero-order valence-electron chi connectivity index (χ0n) is 14.1. The molecule has 1 aromatic carbocycles. The monoisotopic (exact) mass is 366 g/mol. The summed E-state index contributed by atoms with van der Waals surface area (Å²) in [6.07, 6.45) is 0.593. The molecule has 2 N–H and O–H groups in total. The average molecular weight is 366 g/mol. The molecule has 1 aromatic rings. The van der Waals surface area contributed by atoms with Crippen molar-refractivity contribution in [2.75, 3.05) is 19.6 Å². The molecule has 2 aliphatic heterocycles. The molecule has 0 atom stereocenters. The summed E-state index contributed by atoms with van der Waals surface area (Å²) in [5.41, 5.74) is -0.0467. The maximum atomic E-state index is 12.5. The van der Waals surface area contributed by atoms with Crippen LogP contribution in [-0.4, -0.2) is 54.7 Å². The first kappa shape index (κ1) is 17.8. The molecule has 136 valence electrons. The molecule has 0 bridgehead atoms. The largest absolute Gasteiger partial charge is 0.325 e. The third-order valence-corrected chi connectivity index (χ3v) is 6.47. The second kappa shape index (κ2) is 6.74. The lowest BCUT2D eigenvalue weighted by molar-refractivity contribution is -0.128. The zero-order valence-corrected chi connectivity index (χ0v) is 14.9. The normalized spacial score (nSPS) is 20.9. The fourth-order valence-electron chi connectivity index (χ4n) is 3.50. The van der Waals surface area contributed by atoms with Crippen LogP contribution in [0.5, 0.6) is 0 Å². The molecule has 2 fully saturated rings. The first-order chi connectivity index (χ1) is 11.9. The third-order valence-electron chi connectivity index (χ3n) is 4.91. The summed E-state index contributed by atoms with van der Waals surface area (Å²) in [7, 11) is -3.63. The molecule has 0 radical (unpaired) electrons. The van der Waals surface area contributed by atoms with Gasteiger partial charge in [-0.05, 0) is 25.3 Å². The highest BCUT2D eigenvalue weighted by Crippen LogP contribution is 2.33. The zero-order chi connectivity index (χ0) is 18.1. The molecule has 0 aliphatic carbocycles. The molecule has 9 heteroatoms. The van der Waals surface area contributed by atoms with Gasteiger partial charge in [-0.25, -0.2) is 4.79 Å². The van der Waals surface area contributed by atoms with Gasteiger partial charge in [0.25, 0.3) is 16.1 Å². The van der Waals surface area contributed by atoms with Crippen LogP contribution in [0.2, 0.25) is 0 Å². The van der Waals surface area contributed by atoms with E-state index < -0.39 is 21.8 Å². The van der Waals surface area contributed by atoms with Crippen molar-refractivity contribution < 1.29 is 18.0 Å². The van der Waals surface area contributed by atoms with E-state index in [-0.39, 0.29) is 25.5 Å². The number of carbonyl (C=O) groups is 2. The fourth-order valence-corrected chi connectivity index (χ4v) is 4.69. The van der Waals surface area contributed by atoms with Crippen molar-refractivity contribution >= 4 is 22.1 Å². The Morgan fingerprint density at radius 3 is 2.40 bits per heavy atom. The van der Waals surface area contributed by atoms with E-state index in [4.69, 9.17) is 0 Å². The lowest BCUT2D eigenvalue weighted by atomic mass is 9.87. The number of benzene rings is 1. The Bertz CT molecular complexity index is 758. The third kappa shape index (κ3) is 3.26. The molecule has 25 heavy (non-hydrogen) atoms. The summed E-state index contributed by atoms with van der Waals surface area (Å²) in [5.74, 6) is -0.325. The number of amides is 3. The number of likely N-dealkylation sites (N-methyl/N-ethyl adjacent to an activating group) is 1. The summed E-state index contributed by atoms with van der Waals surface area (Å²) < 4.78 is 28.9. The van der Waals surface area contributed by atoms with Crippen LogP contribution in [0.1, 0.15) is 25.3 Å². The molecule has 0 aromatic heterocycles. The van der Waals surface area contributed by atoms with Gasteiger partial charge in [-0.15, -0.1) is 0 Å². The van der Waals surface area contributed by atoms with Gasteiger partial charge >= 0.3 is 6.03 Å². The quantitative estimate of drug-likeness (QED) is 0.738. The van der Waals surface area contributed by atoms with Crippen LogP contribution in [0.15, 0.2) is 30.3 Å².